The molecule has 0 saturated carbocycles. The van der Waals surface area contributed by atoms with E-state index >= 15 is 0 Å². The van der Waals surface area contributed by atoms with Crippen molar-refractivity contribution >= 4 is 11.3 Å². The maximum Gasteiger partial charge on any atom is 0.165 e. The van der Waals surface area contributed by atoms with Crippen molar-refractivity contribution < 1.29 is 0 Å². The first-order valence-corrected chi connectivity index (χ1v) is 6.31. The van der Waals surface area contributed by atoms with Gasteiger partial charge in [0.2, 0.25) is 0 Å². The fourth-order valence-corrected chi connectivity index (χ4v) is 3.29. The van der Waals surface area contributed by atoms with E-state index in [9.17, 15) is 0 Å². The second-order valence-electron chi connectivity index (χ2n) is 3.95. The molecule has 0 aromatic carbocycles. The van der Waals surface area contributed by atoms with Crippen LogP contribution in [0.4, 0.5) is 0 Å². The summed E-state index contributed by atoms with van der Waals surface area (Å²) < 4.78 is 1.88. The summed E-state index contributed by atoms with van der Waals surface area (Å²) in [5, 5.41) is 13.9. The molecular weight excluding hydrogens is 222 g/mol. The molecule has 0 fully saturated rings. The van der Waals surface area contributed by atoms with Gasteiger partial charge in [0.25, 0.3) is 0 Å². The van der Waals surface area contributed by atoms with Crippen LogP contribution in [0.1, 0.15) is 35.1 Å². The van der Waals surface area contributed by atoms with Crippen LogP contribution < -0.4 is 5.73 Å². The van der Waals surface area contributed by atoms with E-state index in [4.69, 9.17) is 5.73 Å². The number of rotatable bonds is 2. The summed E-state index contributed by atoms with van der Waals surface area (Å²) in [5.74, 6) is 0.768. The second-order valence-corrected chi connectivity index (χ2v) is 4.95. The van der Waals surface area contributed by atoms with Crippen molar-refractivity contribution in [2.75, 3.05) is 0 Å². The largest absolute Gasteiger partial charge is 0.324 e. The molecule has 6 heteroatoms. The Labute approximate surface area is 97.3 Å². The molecule has 2 heterocycles. The molecule has 1 aliphatic rings. The standard InChI is InChI=1S/C10H13N5S/c11-6-10-12-13-14-15(10)8-2-1-3-9-7(8)4-5-16-9/h4-5,8H,1-3,6,11H2. The van der Waals surface area contributed by atoms with Crippen LogP contribution in [0.15, 0.2) is 11.4 Å². The van der Waals surface area contributed by atoms with Crippen LogP contribution in [-0.2, 0) is 13.0 Å². The Kier molecular flexibility index (Phi) is 2.45. The number of thiophene rings is 1. The summed E-state index contributed by atoms with van der Waals surface area (Å²) in [5.41, 5.74) is 7.01. The minimum Gasteiger partial charge on any atom is -0.324 e. The highest BCUT2D eigenvalue weighted by atomic mass is 32.1. The SMILES string of the molecule is NCc1nnnn1C1CCCc2sccc21. The zero-order valence-corrected chi connectivity index (χ0v) is 9.65. The van der Waals surface area contributed by atoms with Crippen molar-refractivity contribution in [3.05, 3.63) is 27.7 Å². The predicted molar refractivity (Wildman–Crippen MR) is 61.1 cm³/mol. The molecular formula is C10H13N5S. The van der Waals surface area contributed by atoms with Gasteiger partial charge in [0.1, 0.15) is 0 Å². The number of nitrogens with two attached hydrogens (primary N) is 1. The fraction of sp³-hybridized carbons (Fsp3) is 0.500. The van der Waals surface area contributed by atoms with Crippen molar-refractivity contribution in [1.82, 2.24) is 20.2 Å². The summed E-state index contributed by atoms with van der Waals surface area (Å²) in [6.07, 6.45) is 3.48. The lowest BCUT2D eigenvalue weighted by Crippen LogP contribution is -2.20. The number of hydrogen-bond donors (Lipinski definition) is 1. The van der Waals surface area contributed by atoms with Crippen LogP contribution in [0.2, 0.25) is 0 Å². The third-order valence-electron chi connectivity index (χ3n) is 3.06. The molecule has 1 aliphatic carbocycles. The quantitative estimate of drug-likeness (QED) is 0.846. The molecule has 3 rings (SSSR count). The number of hydrogen-bond acceptors (Lipinski definition) is 5. The molecule has 2 N–H and O–H groups in total. The van der Waals surface area contributed by atoms with Crippen LogP contribution in [-0.4, -0.2) is 20.2 Å². The number of aryl methyl sites for hydroxylation is 1. The molecule has 1 unspecified atom stereocenters. The van der Waals surface area contributed by atoms with Gasteiger partial charge in [-0.2, -0.15) is 0 Å². The Bertz CT molecular complexity index is 489. The Morgan fingerprint density at radius 3 is 3.38 bits per heavy atom. The molecule has 0 spiro atoms. The summed E-state index contributed by atoms with van der Waals surface area (Å²) in [4.78, 5) is 1.47. The van der Waals surface area contributed by atoms with E-state index < -0.39 is 0 Å². The molecule has 2 aromatic rings. The lowest BCUT2D eigenvalue weighted by atomic mass is 9.94. The lowest BCUT2D eigenvalue weighted by molar-refractivity contribution is 0.431. The van der Waals surface area contributed by atoms with E-state index in [1.165, 1.54) is 23.3 Å². The topological polar surface area (TPSA) is 69.6 Å². The van der Waals surface area contributed by atoms with Crippen LogP contribution >= 0.6 is 11.3 Å². The van der Waals surface area contributed by atoms with Gasteiger partial charge in [0.15, 0.2) is 5.82 Å². The van der Waals surface area contributed by atoms with Crippen molar-refractivity contribution in [3.8, 4) is 0 Å². The Hall–Kier alpha value is -1.27. The molecule has 84 valence electrons. The summed E-state index contributed by atoms with van der Waals surface area (Å²) in [6, 6.07) is 2.47. The van der Waals surface area contributed by atoms with Gasteiger partial charge < -0.3 is 5.73 Å². The van der Waals surface area contributed by atoms with Crippen molar-refractivity contribution in [2.24, 2.45) is 5.73 Å². The Balaban J connectivity index is 2.04. The monoisotopic (exact) mass is 235 g/mol. The second kappa shape index (κ2) is 3.95. The smallest absolute Gasteiger partial charge is 0.165 e. The van der Waals surface area contributed by atoms with E-state index in [-0.39, 0.29) is 6.04 Å². The molecule has 0 bridgehead atoms. The number of fused-ring (bicyclic) bond motifs is 1. The van der Waals surface area contributed by atoms with E-state index in [0.29, 0.717) is 6.54 Å². The van der Waals surface area contributed by atoms with E-state index in [1.807, 2.05) is 16.0 Å². The van der Waals surface area contributed by atoms with Gasteiger partial charge in [-0.1, -0.05) is 0 Å². The highest BCUT2D eigenvalue weighted by Gasteiger charge is 2.25. The van der Waals surface area contributed by atoms with Gasteiger partial charge >= 0.3 is 0 Å². The molecule has 2 aromatic heterocycles. The van der Waals surface area contributed by atoms with E-state index in [2.05, 4.69) is 27.0 Å². The normalized spacial score (nSPS) is 19.7. The van der Waals surface area contributed by atoms with Gasteiger partial charge in [-0.3, -0.25) is 0 Å². The zero-order valence-electron chi connectivity index (χ0n) is 8.83. The molecule has 0 aliphatic heterocycles. The summed E-state index contributed by atoms with van der Waals surface area (Å²) in [6.45, 7) is 0.392. The summed E-state index contributed by atoms with van der Waals surface area (Å²) >= 11 is 1.83. The van der Waals surface area contributed by atoms with Gasteiger partial charge in [0, 0.05) is 4.88 Å². The number of aromatic nitrogens is 4. The average Bonchev–Trinajstić information content (AvgIpc) is 2.96. The first-order valence-electron chi connectivity index (χ1n) is 5.43. The highest BCUT2D eigenvalue weighted by molar-refractivity contribution is 7.10. The van der Waals surface area contributed by atoms with Crippen LogP contribution in [0, 0.1) is 0 Å². The maximum atomic E-state index is 5.64. The van der Waals surface area contributed by atoms with Gasteiger partial charge in [-0.05, 0) is 46.7 Å². The molecule has 0 saturated heterocycles. The number of nitrogens with zero attached hydrogens (tertiary/aromatic N) is 4. The Morgan fingerprint density at radius 2 is 2.50 bits per heavy atom. The van der Waals surface area contributed by atoms with Crippen LogP contribution in [0.5, 0.6) is 0 Å². The minimum absolute atomic E-state index is 0.281. The van der Waals surface area contributed by atoms with Crippen molar-refractivity contribution in [3.63, 3.8) is 0 Å². The Morgan fingerprint density at radius 1 is 1.56 bits per heavy atom. The predicted octanol–water partition coefficient (Wildman–Crippen LogP) is 1.12. The first-order chi connectivity index (χ1) is 7.90. The first kappa shape index (κ1) is 9.92. The fourth-order valence-electron chi connectivity index (χ4n) is 2.30. The molecule has 1 atom stereocenters. The summed E-state index contributed by atoms with van der Waals surface area (Å²) in [7, 11) is 0. The van der Waals surface area contributed by atoms with Crippen molar-refractivity contribution in [2.45, 2.75) is 31.8 Å². The van der Waals surface area contributed by atoms with E-state index in [0.717, 1.165) is 12.2 Å². The van der Waals surface area contributed by atoms with Crippen LogP contribution in [0.25, 0.3) is 0 Å². The molecule has 0 radical (unpaired) electrons. The average molecular weight is 235 g/mol. The minimum atomic E-state index is 0.281. The highest BCUT2D eigenvalue weighted by Crippen LogP contribution is 2.35. The van der Waals surface area contributed by atoms with Gasteiger partial charge in [-0.25, -0.2) is 4.68 Å². The molecule has 5 nitrogen and oxygen atoms in total. The zero-order chi connectivity index (χ0) is 11.0. The lowest BCUT2D eigenvalue weighted by Gasteiger charge is -2.22. The van der Waals surface area contributed by atoms with Crippen LogP contribution in [0.3, 0.4) is 0 Å². The van der Waals surface area contributed by atoms with E-state index in [1.54, 1.807) is 0 Å². The third kappa shape index (κ3) is 1.45. The maximum absolute atomic E-state index is 5.64. The molecule has 16 heavy (non-hydrogen) atoms. The van der Waals surface area contributed by atoms with Gasteiger partial charge in [0.05, 0.1) is 12.6 Å². The molecule has 0 amide bonds. The number of tetrazole rings is 1. The van der Waals surface area contributed by atoms with Gasteiger partial charge in [-0.15, -0.1) is 16.4 Å². The third-order valence-corrected chi connectivity index (χ3v) is 4.06. The van der Waals surface area contributed by atoms with Crippen molar-refractivity contribution in [1.29, 1.82) is 0 Å².